The van der Waals surface area contributed by atoms with E-state index in [0.29, 0.717) is 5.56 Å². The highest BCUT2D eigenvalue weighted by atomic mass is 16.6. The van der Waals surface area contributed by atoms with Crippen LogP contribution in [0.5, 0.6) is 0 Å². The molecule has 0 atom stereocenters. The van der Waals surface area contributed by atoms with Crippen molar-refractivity contribution in [1.82, 2.24) is 0 Å². The topological polar surface area (TPSA) is 43.1 Å². The first kappa shape index (κ1) is 22.9. The lowest BCUT2D eigenvalue weighted by atomic mass is 9.81. The zero-order valence-corrected chi connectivity index (χ0v) is 22.2. The molecule has 0 radical (unpaired) electrons. The van der Waals surface area contributed by atoms with E-state index in [0.717, 1.165) is 32.8 Å². The second-order valence-electron chi connectivity index (χ2n) is 11.4. The molecule has 0 saturated carbocycles. The Kier molecular flexibility index (Phi) is 4.58. The molecular weight excluding hydrogens is 490 g/mol. The number of hydrogen-bond donors (Lipinski definition) is 0. The number of nitrogens with zero attached hydrogens (tertiary/aromatic N) is 1. The lowest BCUT2D eigenvalue weighted by Crippen LogP contribution is -2.14. The second kappa shape index (κ2) is 8.00. The molecule has 0 heterocycles. The van der Waals surface area contributed by atoms with Crippen molar-refractivity contribution in [2.45, 2.75) is 19.3 Å². The molecule has 8 rings (SSSR count). The first-order valence-electron chi connectivity index (χ1n) is 13.6. The summed E-state index contributed by atoms with van der Waals surface area (Å²) >= 11 is 0. The van der Waals surface area contributed by atoms with E-state index in [1.54, 1.807) is 6.07 Å². The van der Waals surface area contributed by atoms with Crippen molar-refractivity contribution < 1.29 is 4.92 Å². The zero-order chi connectivity index (χ0) is 27.2. The lowest BCUT2D eigenvalue weighted by molar-refractivity contribution is -0.384. The summed E-state index contributed by atoms with van der Waals surface area (Å²) in [5.41, 5.74) is 8.73. The fraction of sp³-hybridized carbons (Fsp3) is 0.0811. The van der Waals surface area contributed by atoms with Gasteiger partial charge in [0.25, 0.3) is 5.69 Å². The Morgan fingerprint density at radius 2 is 1.18 bits per heavy atom. The number of hydrogen-bond acceptors (Lipinski definition) is 2. The van der Waals surface area contributed by atoms with E-state index in [1.807, 2.05) is 18.2 Å². The van der Waals surface area contributed by atoms with Crippen LogP contribution in [0.15, 0.2) is 115 Å². The van der Waals surface area contributed by atoms with Crippen molar-refractivity contribution in [2.24, 2.45) is 0 Å². The third kappa shape index (κ3) is 3.06. The van der Waals surface area contributed by atoms with Crippen molar-refractivity contribution in [3.8, 4) is 33.4 Å². The number of rotatable bonds is 3. The summed E-state index contributed by atoms with van der Waals surface area (Å²) in [6.07, 6.45) is 0. The van der Waals surface area contributed by atoms with Gasteiger partial charge in [0.2, 0.25) is 0 Å². The van der Waals surface area contributed by atoms with Gasteiger partial charge in [-0.05, 0) is 89.5 Å². The van der Waals surface area contributed by atoms with Crippen molar-refractivity contribution in [1.29, 1.82) is 0 Å². The molecule has 0 unspecified atom stereocenters. The van der Waals surface area contributed by atoms with E-state index < -0.39 is 0 Å². The minimum atomic E-state index is -0.264. The molecule has 3 heteroatoms. The quantitative estimate of drug-likeness (QED) is 0.133. The zero-order valence-electron chi connectivity index (χ0n) is 22.2. The Balaban J connectivity index is 1.35. The maximum absolute atomic E-state index is 12.3. The molecule has 0 N–H and O–H groups in total. The van der Waals surface area contributed by atoms with E-state index >= 15 is 0 Å². The second-order valence-corrected chi connectivity index (χ2v) is 11.4. The first-order valence-corrected chi connectivity index (χ1v) is 13.6. The molecule has 0 amide bonds. The minimum Gasteiger partial charge on any atom is -0.258 e. The van der Waals surface area contributed by atoms with Crippen molar-refractivity contribution >= 4 is 38.0 Å². The molecule has 7 aromatic rings. The average molecular weight is 516 g/mol. The fourth-order valence-electron chi connectivity index (χ4n) is 6.94. The highest BCUT2D eigenvalue weighted by molar-refractivity contribution is 6.25. The summed E-state index contributed by atoms with van der Waals surface area (Å²) in [5, 5.41) is 19.2. The maximum Gasteiger partial charge on any atom is 0.277 e. The largest absolute Gasteiger partial charge is 0.277 e. The van der Waals surface area contributed by atoms with Crippen molar-refractivity contribution in [3.63, 3.8) is 0 Å². The normalized spacial score (nSPS) is 13.7. The molecule has 40 heavy (non-hydrogen) atoms. The molecule has 0 bridgehead atoms. The van der Waals surface area contributed by atoms with Crippen LogP contribution >= 0.6 is 0 Å². The Morgan fingerprint density at radius 1 is 0.550 bits per heavy atom. The maximum atomic E-state index is 12.3. The highest BCUT2D eigenvalue weighted by Gasteiger charge is 2.35. The average Bonchev–Trinajstić information content (AvgIpc) is 3.21. The van der Waals surface area contributed by atoms with Gasteiger partial charge in [0.1, 0.15) is 0 Å². The number of nitro groups is 1. The van der Waals surface area contributed by atoms with Gasteiger partial charge in [0, 0.05) is 11.5 Å². The predicted octanol–water partition coefficient (Wildman–Crippen LogP) is 10.1. The van der Waals surface area contributed by atoms with Crippen LogP contribution in [0.4, 0.5) is 5.69 Å². The predicted molar refractivity (Wildman–Crippen MR) is 165 cm³/mol. The van der Waals surface area contributed by atoms with E-state index in [2.05, 4.69) is 105 Å². The Bertz CT molecular complexity index is 2160. The van der Waals surface area contributed by atoms with Crippen LogP contribution in [0.3, 0.4) is 0 Å². The van der Waals surface area contributed by atoms with Crippen LogP contribution in [0, 0.1) is 10.1 Å². The third-order valence-corrected chi connectivity index (χ3v) is 8.93. The monoisotopic (exact) mass is 515 g/mol. The summed E-state index contributed by atoms with van der Waals surface area (Å²) in [6, 6.07) is 39.8. The molecule has 190 valence electrons. The Hall–Kier alpha value is -5.02. The summed E-state index contributed by atoms with van der Waals surface area (Å²) in [4.78, 5) is 12.0. The van der Waals surface area contributed by atoms with Gasteiger partial charge in [-0.15, -0.1) is 0 Å². The summed E-state index contributed by atoms with van der Waals surface area (Å²) in [5.74, 6) is 0. The Labute approximate surface area is 231 Å². The van der Waals surface area contributed by atoms with Gasteiger partial charge < -0.3 is 0 Å². The van der Waals surface area contributed by atoms with E-state index in [-0.39, 0.29) is 16.0 Å². The molecule has 3 nitrogen and oxygen atoms in total. The molecule has 0 aromatic heterocycles. The summed E-state index contributed by atoms with van der Waals surface area (Å²) in [7, 11) is 0. The lowest BCUT2D eigenvalue weighted by Gasteiger charge is -2.22. The van der Waals surface area contributed by atoms with Gasteiger partial charge in [-0.25, -0.2) is 0 Å². The molecular formula is C37H25NO2. The molecule has 0 aliphatic heterocycles. The first-order chi connectivity index (χ1) is 19.4. The summed E-state index contributed by atoms with van der Waals surface area (Å²) < 4.78 is 0. The van der Waals surface area contributed by atoms with E-state index in [9.17, 15) is 10.1 Å². The van der Waals surface area contributed by atoms with Crippen LogP contribution < -0.4 is 0 Å². The van der Waals surface area contributed by atoms with E-state index in [4.69, 9.17) is 0 Å². The molecule has 0 saturated heterocycles. The van der Waals surface area contributed by atoms with Gasteiger partial charge in [-0.2, -0.15) is 0 Å². The van der Waals surface area contributed by atoms with Crippen LogP contribution in [-0.4, -0.2) is 4.92 Å². The highest BCUT2D eigenvalue weighted by Crippen LogP contribution is 2.50. The van der Waals surface area contributed by atoms with Gasteiger partial charge in [0.15, 0.2) is 0 Å². The molecule has 7 aromatic carbocycles. The van der Waals surface area contributed by atoms with Crippen LogP contribution in [-0.2, 0) is 5.41 Å². The fourth-order valence-corrected chi connectivity index (χ4v) is 6.94. The van der Waals surface area contributed by atoms with Crippen molar-refractivity contribution in [3.05, 3.63) is 137 Å². The van der Waals surface area contributed by atoms with Gasteiger partial charge >= 0.3 is 0 Å². The summed E-state index contributed by atoms with van der Waals surface area (Å²) in [6.45, 7) is 4.54. The van der Waals surface area contributed by atoms with Gasteiger partial charge in [-0.3, -0.25) is 10.1 Å². The molecule has 0 spiro atoms. The number of nitro benzene ring substituents is 1. The molecule has 1 aliphatic rings. The standard InChI is InChI=1S/C37H25NO2/c1-37(2)32-9-4-3-8-28(32)29-17-14-26(21-33(29)37)25-15-19-34(38(39)40)31(20-25)27-16-12-24-11-10-22-6-5-7-23-13-18-30(27)36(24)35(22)23/h3-21H,1-2H3. The number of benzene rings is 7. The molecule has 0 fully saturated rings. The van der Waals surface area contributed by atoms with Crippen LogP contribution in [0.25, 0.3) is 65.7 Å². The number of fused-ring (bicyclic) bond motifs is 3. The Morgan fingerprint density at radius 3 is 1.98 bits per heavy atom. The SMILES string of the molecule is CC1(C)c2ccccc2-c2ccc(-c3ccc([N+](=O)[O-])c(-c4ccc5ccc6cccc7ccc4c5c67)c3)cc21. The van der Waals surface area contributed by atoms with Gasteiger partial charge in [-0.1, -0.05) is 105 Å². The van der Waals surface area contributed by atoms with Crippen molar-refractivity contribution in [2.75, 3.05) is 0 Å². The third-order valence-electron chi connectivity index (χ3n) is 8.93. The van der Waals surface area contributed by atoms with Crippen LogP contribution in [0.2, 0.25) is 0 Å². The van der Waals surface area contributed by atoms with E-state index in [1.165, 1.54) is 38.4 Å². The smallest absolute Gasteiger partial charge is 0.258 e. The van der Waals surface area contributed by atoms with Gasteiger partial charge in [0.05, 0.1) is 10.5 Å². The minimum absolute atomic E-state index is 0.113. The molecule has 1 aliphatic carbocycles. The van der Waals surface area contributed by atoms with Crippen LogP contribution in [0.1, 0.15) is 25.0 Å².